The number of aromatic nitrogens is 2. The molecule has 0 saturated heterocycles. The molecule has 1 heterocycles. The maximum absolute atomic E-state index is 11.1. The molecule has 0 radical (unpaired) electrons. The van der Waals surface area contributed by atoms with Gasteiger partial charge in [-0.15, -0.1) is 11.8 Å². The Bertz CT molecular complexity index is 349. The van der Waals surface area contributed by atoms with Crippen molar-refractivity contribution in [2.24, 2.45) is 5.92 Å². The van der Waals surface area contributed by atoms with Gasteiger partial charge in [0.15, 0.2) is 0 Å². The first-order chi connectivity index (χ1) is 7.13. The van der Waals surface area contributed by atoms with Crippen LogP contribution in [0.1, 0.15) is 6.92 Å². The third-order valence-electron chi connectivity index (χ3n) is 1.67. The number of nitrogens with zero attached hydrogens (tertiary/aromatic N) is 2. The highest BCUT2D eigenvalue weighted by Gasteiger charge is 2.13. The third kappa shape index (κ3) is 4.05. The van der Waals surface area contributed by atoms with Crippen molar-refractivity contribution < 1.29 is 9.53 Å². The molecular formula is C9H11ClN2O2S. The Morgan fingerprint density at radius 2 is 2.40 bits per heavy atom. The average molecular weight is 247 g/mol. The monoisotopic (exact) mass is 246 g/mol. The molecule has 0 aliphatic carbocycles. The van der Waals surface area contributed by atoms with Crippen molar-refractivity contribution in [3.05, 3.63) is 17.5 Å². The molecule has 1 aromatic rings. The number of thioether (sulfide) groups is 1. The van der Waals surface area contributed by atoms with E-state index in [1.54, 1.807) is 13.1 Å². The van der Waals surface area contributed by atoms with Crippen molar-refractivity contribution in [2.75, 3.05) is 12.9 Å². The minimum absolute atomic E-state index is 0.166. The van der Waals surface area contributed by atoms with Crippen molar-refractivity contribution in [3.63, 3.8) is 0 Å². The number of hydrogen-bond donors (Lipinski definition) is 0. The predicted octanol–water partition coefficient (Wildman–Crippen LogP) is 2.03. The van der Waals surface area contributed by atoms with Crippen LogP contribution in [-0.2, 0) is 9.53 Å². The highest BCUT2D eigenvalue weighted by molar-refractivity contribution is 7.99. The summed E-state index contributed by atoms with van der Waals surface area (Å²) in [7, 11) is 1.38. The fourth-order valence-electron chi connectivity index (χ4n) is 0.875. The van der Waals surface area contributed by atoms with Crippen LogP contribution in [-0.4, -0.2) is 28.8 Å². The number of rotatable bonds is 4. The first-order valence-corrected chi connectivity index (χ1v) is 5.68. The van der Waals surface area contributed by atoms with Crippen LogP contribution in [0.4, 0.5) is 0 Å². The summed E-state index contributed by atoms with van der Waals surface area (Å²) in [6.07, 6.45) is 3.08. The largest absolute Gasteiger partial charge is 0.469 e. The van der Waals surface area contributed by atoms with E-state index in [4.69, 9.17) is 11.6 Å². The van der Waals surface area contributed by atoms with Gasteiger partial charge >= 0.3 is 5.97 Å². The number of methoxy groups -OCH3 is 1. The summed E-state index contributed by atoms with van der Waals surface area (Å²) in [5.74, 6) is 0.208. The number of carbonyl (C=O) groups excluding carboxylic acids is 1. The van der Waals surface area contributed by atoms with Gasteiger partial charge in [-0.25, -0.2) is 4.98 Å². The molecule has 0 spiro atoms. The van der Waals surface area contributed by atoms with Crippen molar-refractivity contribution >= 4 is 29.3 Å². The van der Waals surface area contributed by atoms with Gasteiger partial charge in [0.2, 0.25) is 0 Å². The zero-order valence-electron chi connectivity index (χ0n) is 8.44. The maximum Gasteiger partial charge on any atom is 0.309 e. The summed E-state index contributed by atoms with van der Waals surface area (Å²) in [4.78, 5) is 19.0. The molecule has 0 aromatic carbocycles. The summed E-state index contributed by atoms with van der Waals surface area (Å²) in [5, 5.41) is 1.06. The zero-order chi connectivity index (χ0) is 11.3. The molecule has 1 rings (SSSR count). The van der Waals surface area contributed by atoms with Gasteiger partial charge in [-0.2, -0.15) is 0 Å². The second-order valence-corrected chi connectivity index (χ2v) is 4.34. The normalized spacial score (nSPS) is 12.2. The molecule has 1 unspecified atom stereocenters. The zero-order valence-corrected chi connectivity index (χ0v) is 10.0. The van der Waals surface area contributed by atoms with Crippen LogP contribution in [0.25, 0.3) is 0 Å². The average Bonchev–Trinajstić information content (AvgIpc) is 2.25. The molecule has 0 aliphatic rings. The predicted molar refractivity (Wildman–Crippen MR) is 58.9 cm³/mol. The maximum atomic E-state index is 11.1. The SMILES string of the molecule is COC(=O)C(C)CSc1cncc(Cl)n1. The molecule has 0 fully saturated rings. The third-order valence-corrected chi connectivity index (χ3v) is 3.01. The Labute approximate surface area is 97.4 Å². The van der Waals surface area contributed by atoms with Gasteiger partial charge in [0.25, 0.3) is 0 Å². The van der Waals surface area contributed by atoms with E-state index in [1.165, 1.54) is 25.1 Å². The van der Waals surface area contributed by atoms with Crippen LogP contribution < -0.4 is 0 Å². The van der Waals surface area contributed by atoms with Crippen LogP contribution in [0.3, 0.4) is 0 Å². The summed E-state index contributed by atoms with van der Waals surface area (Å²) in [6, 6.07) is 0. The fourth-order valence-corrected chi connectivity index (χ4v) is 1.93. The minimum Gasteiger partial charge on any atom is -0.469 e. The van der Waals surface area contributed by atoms with Crippen molar-refractivity contribution in [1.82, 2.24) is 9.97 Å². The molecule has 4 nitrogen and oxygen atoms in total. The summed E-state index contributed by atoms with van der Waals surface area (Å²) in [6.45, 7) is 1.80. The Hall–Kier alpha value is -0.810. The fraction of sp³-hybridized carbons (Fsp3) is 0.444. The van der Waals surface area contributed by atoms with Crippen molar-refractivity contribution in [3.8, 4) is 0 Å². The van der Waals surface area contributed by atoms with Gasteiger partial charge in [-0.3, -0.25) is 9.78 Å². The number of halogens is 1. The standard InChI is InChI=1S/C9H11ClN2O2S/c1-6(9(13)14-2)5-15-8-4-11-3-7(10)12-8/h3-4,6H,5H2,1-2H3. The quantitative estimate of drug-likeness (QED) is 0.601. The lowest BCUT2D eigenvalue weighted by Crippen LogP contribution is -2.14. The highest BCUT2D eigenvalue weighted by Crippen LogP contribution is 2.19. The number of esters is 1. The summed E-state index contributed by atoms with van der Waals surface area (Å²) < 4.78 is 4.61. The molecule has 82 valence electrons. The van der Waals surface area contributed by atoms with E-state index in [9.17, 15) is 4.79 Å². The lowest BCUT2D eigenvalue weighted by molar-refractivity contribution is -0.143. The molecule has 6 heteroatoms. The van der Waals surface area contributed by atoms with Crippen molar-refractivity contribution in [2.45, 2.75) is 11.9 Å². The molecule has 1 aromatic heterocycles. The highest BCUT2D eigenvalue weighted by atomic mass is 35.5. The molecule has 0 N–H and O–H groups in total. The lowest BCUT2D eigenvalue weighted by Gasteiger charge is -2.07. The van der Waals surface area contributed by atoms with Gasteiger partial charge in [0, 0.05) is 5.75 Å². The molecule has 0 amide bonds. The Kier molecular flexibility index (Phi) is 4.84. The van der Waals surface area contributed by atoms with E-state index in [0.717, 1.165) is 0 Å². The lowest BCUT2D eigenvalue weighted by atomic mass is 10.2. The number of ether oxygens (including phenoxy) is 1. The summed E-state index contributed by atoms with van der Waals surface area (Å²) in [5.41, 5.74) is 0. The Balaban J connectivity index is 2.47. The van der Waals surface area contributed by atoms with E-state index < -0.39 is 0 Å². The first kappa shape index (κ1) is 12.3. The Morgan fingerprint density at radius 1 is 1.67 bits per heavy atom. The molecular weight excluding hydrogens is 236 g/mol. The molecule has 0 aliphatic heterocycles. The van der Waals surface area contributed by atoms with Crippen LogP contribution in [0.5, 0.6) is 0 Å². The van der Waals surface area contributed by atoms with Gasteiger partial charge in [-0.05, 0) is 0 Å². The van der Waals surface area contributed by atoms with E-state index in [2.05, 4.69) is 14.7 Å². The topological polar surface area (TPSA) is 52.1 Å². The van der Waals surface area contributed by atoms with Crippen molar-refractivity contribution in [1.29, 1.82) is 0 Å². The number of hydrogen-bond acceptors (Lipinski definition) is 5. The van der Waals surface area contributed by atoms with Gasteiger partial charge in [0.05, 0.1) is 25.4 Å². The van der Waals surface area contributed by atoms with E-state index in [0.29, 0.717) is 15.9 Å². The molecule has 15 heavy (non-hydrogen) atoms. The van der Waals surface area contributed by atoms with E-state index in [1.807, 2.05) is 0 Å². The molecule has 0 bridgehead atoms. The smallest absolute Gasteiger partial charge is 0.309 e. The summed E-state index contributed by atoms with van der Waals surface area (Å²) >= 11 is 7.10. The van der Waals surface area contributed by atoms with Crippen LogP contribution in [0.2, 0.25) is 5.15 Å². The van der Waals surface area contributed by atoms with Crippen LogP contribution >= 0.6 is 23.4 Å². The van der Waals surface area contributed by atoms with E-state index >= 15 is 0 Å². The first-order valence-electron chi connectivity index (χ1n) is 4.31. The Morgan fingerprint density at radius 3 is 3.00 bits per heavy atom. The van der Waals surface area contributed by atoms with Crippen LogP contribution in [0, 0.1) is 5.92 Å². The second kappa shape index (κ2) is 5.92. The van der Waals surface area contributed by atoms with Crippen LogP contribution in [0.15, 0.2) is 17.4 Å². The molecule has 0 saturated carbocycles. The number of carbonyl (C=O) groups is 1. The van der Waals surface area contributed by atoms with E-state index in [-0.39, 0.29) is 11.9 Å². The molecule has 1 atom stereocenters. The minimum atomic E-state index is -0.225. The van der Waals surface area contributed by atoms with Gasteiger partial charge < -0.3 is 4.74 Å². The second-order valence-electron chi connectivity index (χ2n) is 2.92. The van der Waals surface area contributed by atoms with Gasteiger partial charge in [-0.1, -0.05) is 18.5 Å². The van der Waals surface area contributed by atoms with Gasteiger partial charge in [0.1, 0.15) is 10.2 Å².